The van der Waals surface area contributed by atoms with Gasteiger partial charge in [0.2, 0.25) is 0 Å². The quantitative estimate of drug-likeness (QED) is 0.849. The number of halogens is 1. The molecule has 0 fully saturated rings. The number of hydrogen-bond donors (Lipinski definition) is 2. The van der Waals surface area contributed by atoms with E-state index in [1.807, 2.05) is 18.2 Å². The number of H-pyrrole nitrogens is 1. The van der Waals surface area contributed by atoms with Gasteiger partial charge >= 0.3 is 0 Å². The van der Waals surface area contributed by atoms with Gasteiger partial charge in [-0.2, -0.15) is 0 Å². The van der Waals surface area contributed by atoms with Crippen molar-refractivity contribution in [1.82, 2.24) is 9.97 Å². The fraction of sp³-hybridized carbons (Fsp3) is 0.250. The molecule has 0 saturated carbocycles. The van der Waals surface area contributed by atoms with Gasteiger partial charge in [0.25, 0.3) is 0 Å². The van der Waals surface area contributed by atoms with Gasteiger partial charge in [-0.25, -0.2) is 4.98 Å². The molecule has 6 heteroatoms. The highest BCUT2D eigenvalue weighted by molar-refractivity contribution is 9.10. The number of nitrogen functional groups attached to an aromatic ring is 1. The zero-order valence-corrected chi connectivity index (χ0v) is 11.2. The van der Waals surface area contributed by atoms with Gasteiger partial charge in [-0.1, -0.05) is 0 Å². The lowest BCUT2D eigenvalue weighted by molar-refractivity contribution is 0.297. The van der Waals surface area contributed by atoms with Crippen molar-refractivity contribution in [2.45, 2.75) is 6.42 Å². The van der Waals surface area contributed by atoms with Crippen LogP contribution in [0.1, 0.15) is 6.42 Å². The molecule has 0 amide bonds. The number of aromatic amines is 1. The highest BCUT2D eigenvalue weighted by Crippen LogP contribution is 2.35. The van der Waals surface area contributed by atoms with Gasteiger partial charge in [-0.05, 0) is 34.1 Å². The van der Waals surface area contributed by atoms with Crippen molar-refractivity contribution >= 4 is 21.9 Å². The highest BCUT2D eigenvalue weighted by Gasteiger charge is 2.14. The lowest BCUT2D eigenvalue weighted by Crippen LogP contribution is -1.97. The van der Waals surface area contributed by atoms with Crippen molar-refractivity contribution in [2.75, 3.05) is 18.9 Å². The van der Waals surface area contributed by atoms with E-state index in [9.17, 15) is 0 Å². The van der Waals surface area contributed by atoms with E-state index in [1.54, 1.807) is 0 Å². The van der Waals surface area contributed by atoms with Gasteiger partial charge in [0.1, 0.15) is 10.3 Å². The molecule has 18 heavy (non-hydrogen) atoms. The molecule has 0 saturated heterocycles. The summed E-state index contributed by atoms with van der Waals surface area (Å²) in [6, 6.07) is 5.75. The monoisotopic (exact) mass is 309 g/mol. The van der Waals surface area contributed by atoms with Crippen LogP contribution in [-0.2, 0) is 0 Å². The number of imidazole rings is 1. The fourth-order valence-corrected chi connectivity index (χ4v) is 2.39. The van der Waals surface area contributed by atoms with Gasteiger partial charge < -0.3 is 20.2 Å². The van der Waals surface area contributed by atoms with E-state index in [-0.39, 0.29) is 0 Å². The number of rotatable bonds is 1. The smallest absolute Gasteiger partial charge is 0.198 e. The maximum absolute atomic E-state index is 5.65. The molecule has 1 aliphatic heterocycles. The number of benzene rings is 1. The average molecular weight is 310 g/mol. The predicted molar refractivity (Wildman–Crippen MR) is 71.7 cm³/mol. The number of anilines is 1. The summed E-state index contributed by atoms with van der Waals surface area (Å²) in [6.45, 7) is 1.35. The number of ether oxygens (including phenoxy) is 2. The van der Waals surface area contributed by atoms with Crippen LogP contribution in [0.2, 0.25) is 0 Å². The minimum Gasteiger partial charge on any atom is -0.490 e. The summed E-state index contributed by atoms with van der Waals surface area (Å²) in [4.78, 5) is 7.14. The topological polar surface area (TPSA) is 73.2 Å². The molecule has 0 atom stereocenters. The fourth-order valence-electron chi connectivity index (χ4n) is 1.87. The second-order valence-electron chi connectivity index (χ2n) is 4.00. The molecule has 3 rings (SSSR count). The van der Waals surface area contributed by atoms with E-state index in [2.05, 4.69) is 25.9 Å². The normalized spacial score (nSPS) is 14.3. The van der Waals surface area contributed by atoms with Crippen LogP contribution in [0.15, 0.2) is 22.8 Å². The van der Waals surface area contributed by atoms with Crippen LogP contribution < -0.4 is 15.2 Å². The summed E-state index contributed by atoms with van der Waals surface area (Å²) < 4.78 is 12.0. The summed E-state index contributed by atoms with van der Waals surface area (Å²) in [5.74, 6) is 1.90. The molecule has 2 heterocycles. The summed E-state index contributed by atoms with van der Waals surface area (Å²) in [6.07, 6.45) is 0.892. The van der Waals surface area contributed by atoms with Crippen LogP contribution in [0.5, 0.6) is 11.5 Å². The molecule has 2 aromatic rings. The molecule has 0 spiro atoms. The second kappa shape index (κ2) is 4.53. The van der Waals surface area contributed by atoms with Crippen LogP contribution in [0.3, 0.4) is 0 Å². The minimum atomic E-state index is 0.379. The van der Waals surface area contributed by atoms with E-state index in [0.29, 0.717) is 19.2 Å². The molecular formula is C12H12BrN3O2. The van der Waals surface area contributed by atoms with E-state index in [0.717, 1.165) is 33.8 Å². The van der Waals surface area contributed by atoms with Crippen LogP contribution in [0.25, 0.3) is 11.3 Å². The van der Waals surface area contributed by atoms with Crippen LogP contribution in [0.4, 0.5) is 5.95 Å². The lowest BCUT2D eigenvalue weighted by Gasteiger charge is -2.08. The Bertz CT molecular complexity index is 583. The van der Waals surface area contributed by atoms with Gasteiger partial charge in [0.15, 0.2) is 17.4 Å². The van der Waals surface area contributed by atoms with E-state index in [1.165, 1.54) is 0 Å². The minimum absolute atomic E-state index is 0.379. The Labute approximate surface area is 112 Å². The van der Waals surface area contributed by atoms with Gasteiger partial charge in [-0.15, -0.1) is 0 Å². The van der Waals surface area contributed by atoms with Crippen molar-refractivity contribution in [3.05, 3.63) is 22.8 Å². The molecular weight excluding hydrogens is 298 g/mol. The maximum atomic E-state index is 5.65. The van der Waals surface area contributed by atoms with Crippen molar-refractivity contribution in [1.29, 1.82) is 0 Å². The molecule has 1 aromatic carbocycles. The number of nitrogens with two attached hydrogens (primary N) is 1. The van der Waals surface area contributed by atoms with E-state index >= 15 is 0 Å². The van der Waals surface area contributed by atoms with Crippen LogP contribution >= 0.6 is 15.9 Å². The third-order valence-electron chi connectivity index (χ3n) is 2.70. The Morgan fingerprint density at radius 3 is 2.72 bits per heavy atom. The summed E-state index contributed by atoms with van der Waals surface area (Å²) in [7, 11) is 0. The molecule has 0 radical (unpaired) electrons. The molecule has 5 nitrogen and oxygen atoms in total. The van der Waals surface area contributed by atoms with Crippen molar-refractivity contribution in [3.63, 3.8) is 0 Å². The SMILES string of the molecule is Nc1nc(-c2ccc3c(c2)OCCCO3)c(Br)[nH]1. The number of nitrogens with zero attached hydrogens (tertiary/aromatic N) is 1. The van der Waals surface area contributed by atoms with Crippen molar-refractivity contribution in [3.8, 4) is 22.8 Å². The summed E-state index contributed by atoms with van der Waals surface area (Å²) in [5.41, 5.74) is 7.32. The molecule has 0 bridgehead atoms. The number of aromatic nitrogens is 2. The molecule has 94 valence electrons. The third-order valence-corrected chi connectivity index (χ3v) is 3.27. The van der Waals surface area contributed by atoms with Crippen LogP contribution in [0, 0.1) is 0 Å². The lowest BCUT2D eigenvalue weighted by atomic mass is 10.1. The highest BCUT2D eigenvalue weighted by atomic mass is 79.9. The number of fused-ring (bicyclic) bond motifs is 1. The number of hydrogen-bond acceptors (Lipinski definition) is 4. The predicted octanol–water partition coefficient (Wildman–Crippen LogP) is 2.58. The summed E-state index contributed by atoms with van der Waals surface area (Å²) in [5, 5.41) is 0. The first-order valence-electron chi connectivity index (χ1n) is 5.65. The Balaban J connectivity index is 2.04. The van der Waals surface area contributed by atoms with E-state index in [4.69, 9.17) is 15.2 Å². The Hall–Kier alpha value is -1.69. The molecule has 0 aliphatic carbocycles. The molecule has 3 N–H and O–H groups in total. The second-order valence-corrected chi connectivity index (χ2v) is 4.79. The Kier molecular flexibility index (Phi) is 2.87. The van der Waals surface area contributed by atoms with Gasteiger partial charge in [-0.3, -0.25) is 0 Å². The van der Waals surface area contributed by atoms with Crippen molar-refractivity contribution in [2.24, 2.45) is 0 Å². The number of nitrogens with one attached hydrogen (secondary N) is 1. The standard InChI is InChI=1S/C12H12BrN3O2/c13-11-10(15-12(14)16-11)7-2-3-8-9(6-7)18-5-1-4-17-8/h2-3,6H,1,4-5H2,(H3,14,15,16). The van der Waals surface area contributed by atoms with Gasteiger partial charge in [0.05, 0.1) is 13.2 Å². The Morgan fingerprint density at radius 2 is 2.00 bits per heavy atom. The van der Waals surface area contributed by atoms with Crippen LogP contribution in [-0.4, -0.2) is 23.2 Å². The largest absolute Gasteiger partial charge is 0.490 e. The zero-order valence-electron chi connectivity index (χ0n) is 9.57. The van der Waals surface area contributed by atoms with E-state index < -0.39 is 0 Å². The first-order chi connectivity index (χ1) is 8.74. The molecule has 1 aromatic heterocycles. The van der Waals surface area contributed by atoms with Crippen molar-refractivity contribution < 1.29 is 9.47 Å². The average Bonchev–Trinajstić information content (AvgIpc) is 2.58. The third kappa shape index (κ3) is 2.03. The maximum Gasteiger partial charge on any atom is 0.198 e. The molecule has 0 unspecified atom stereocenters. The van der Waals surface area contributed by atoms with Gasteiger partial charge in [0, 0.05) is 12.0 Å². The summed E-state index contributed by atoms with van der Waals surface area (Å²) >= 11 is 3.40. The first-order valence-corrected chi connectivity index (χ1v) is 6.44. The molecule has 1 aliphatic rings. The first kappa shape index (κ1) is 11.4. The zero-order chi connectivity index (χ0) is 12.5. The Morgan fingerprint density at radius 1 is 1.22 bits per heavy atom.